The van der Waals surface area contributed by atoms with Gasteiger partial charge in [-0.05, 0) is 30.2 Å². The molecule has 164 valence electrons. The third-order valence-electron chi connectivity index (χ3n) is 4.80. The van der Waals surface area contributed by atoms with Gasteiger partial charge in [0.1, 0.15) is 11.6 Å². The standard InChI is InChI=1S/C21H28ClN5O2.HI/c1-23-21(25-9-7-16-5-6-18(28-2)14-19(16)22)26-15-17-4-3-8-24-20(17)27-10-12-29-13-11-27;/h3-6,8,14H,7,9-13,15H2,1-2H3,(H2,23,25,26);1H. The lowest BCUT2D eigenvalue weighted by molar-refractivity contribution is 0.122. The first-order valence-corrected chi connectivity index (χ1v) is 10.1. The molecule has 0 aliphatic carbocycles. The van der Waals surface area contributed by atoms with Crippen LogP contribution in [0.3, 0.4) is 0 Å². The molecule has 1 aromatic heterocycles. The van der Waals surface area contributed by atoms with Gasteiger partial charge in [0.15, 0.2) is 5.96 Å². The summed E-state index contributed by atoms with van der Waals surface area (Å²) in [5.74, 6) is 2.51. The molecular weight excluding hydrogens is 517 g/mol. The van der Waals surface area contributed by atoms with Gasteiger partial charge < -0.3 is 25.0 Å². The van der Waals surface area contributed by atoms with Crippen molar-refractivity contribution in [2.75, 3.05) is 51.9 Å². The third kappa shape index (κ3) is 6.88. The highest BCUT2D eigenvalue weighted by Crippen LogP contribution is 2.22. The van der Waals surface area contributed by atoms with Crippen molar-refractivity contribution in [1.29, 1.82) is 0 Å². The summed E-state index contributed by atoms with van der Waals surface area (Å²) >= 11 is 6.32. The van der Waals surface area contributed by atoms with Gasteiger partial charge in [-0.1, -0.05) is 23.7 Å². The zero-order valence-corrected chi connectivity index (χ0v) is 20.4. The maximum absolute atomic E-state index is 6.32. The van der Waals surface area contributed by atoms with Gasteiger partial charge in [0.2, 0.25) is 0 Å². The third-order valence-corrected chi connectivity index (χ3v) is 5.15. The number of anilines is 1. The Kier molecular flexibility index (Phi) is 10.5. The minimum Gasteiger partial charge on any atom is -0.497 e. The number of benzene rings is 1. The van der Waals surface area contributed by atoms with Crippen LogP contribution in [0, 0.1) is 0 Å². The van der Waals surface area contributed by atoms with E-state index in [0.29, 0.717) is 11.6 Å². The van der Waals surface area contributed by atoms with Crippen LogP contribution in [0.5, 0.6) is 5.75 Å². The maximum atomic E-state index is 6.32. The molecule has 30 heavy (non-hydrogen) atoms. The molecule has 2 aromatic rings. The topological polar surface area (TPSA) is 71.0 Å². The summed E-state index contributed by atoms with van der Waals surface area (Å²) in [5, 5.41) is 7.42. The minimum absolute atomic E-state index is 0. The summed E-state index contributed by atoms with van der Waals surface area (Å²) in [5.41, 5.74) is 2.20. The Morgan fingerprint density at radius 1 is 1.23 bits per heavy atom. The lowest BCUT2D eigenvalue weighted by atomic mass is 10.1. The average Bonchev–Trinajstić information content (AvgIpc) is 2.77. The van der Waals surface area contributed by atoms with E-state index in [9.17, 15) is 0 Å². The molecule has 0 saturated carbocycles. The van der Waals surface area contributed by atoms with Crippen molar-refractivity contribution in [3.8, 4) is 5.75 Å². The summed E-state index contributed by atoms with van der Waals surface area (Å²) in [4.78, 5) is 11.2. The fraction of sp³-hybridized carbons (Fsp3) is 0.429. The van der Waals surface area contributed by atoms with E-state index in [1.165, 1.54) is 0 Å². The lowest BCUT2D eigenvalue weighted by Gasteiger charge is -2.29. The van der Waals surface area contributed by atoms with Crippen molar-refractivity contribution in [2.45, 2.75) is 13.0 Å². The van der Waals surface area contributed by atoms with Crippen LogP contribution in [0.2, 0.25) is 5.02 Å². The molecule has 0 unspecified atom stereocenters. The fourth-order valence-corrected chi connectivity index (χ4v) is 3.47. The van der Waals surface area contributed by atoms with Gasteiger partial charge in [-0.15, -0.1) is 24.0 Å². The number of hydrogen-bond acceptors (Lipinski definition) is 5. The Morgan fingerprint density at radius 2 is 2.03 bits per heavy atom. The van der Waals surface area contributed by atoms with Gasteiger partial charge in [-0.25, -0.2) is 4.98 Å². The second kappa shape index (κ2) is 12.8. The van der Waals surface area contributed by atoms with E-state index in [1.807, 2.05) is 30.5 Å². The Bertz CT molecular complexity index is 831. The average molecular weight is 546 g/mol. The van der Waals surface area contributed by atoms with Crippen LogP contribution in [0.1, 0.15) is 11.1 Å². The van der Waals surface area contributed by atoms with Gasteiger partial charge in [-0.3, -0.25) is 4.99 Å². The van der Waals surface area contributed by atoms with Gasteiger partial charge in [0, 0.05) is 50.0 Å². The summed E-state index contributed by atoms with van der Waals surface area (Å²) in [6.07, 6.45) is 2.62. The monoisotopic (exact) mass is 545 g/mol. The molecule has 1 aliphatic heterocycles. The molecule has 1 aliphatic rings. The normalized spacial score (nSPS) is 14.1. The van der Waals surface area contributed by atoms with Crippen LogP contribution in [-0.2, 0) is 17.7 Å². The molecule has 0 spiro atoms. The van der Waals surface area contributed by atoms with Crippen LogP contribution in [0.25, 0.3) is 0 Å². The molecule has 0 amide bonds. The molecule has 3 rings (SSSR count). The van der Waals surface area contributed by atoms with Crippen molar-refractivity contribution < 1.29 is 9.47 Å². The number of aliphatic imine (C=N–C) groups is 1. The smallest absolute Gasteiger partial charge is 0.191 e. The van der Waals surface area contributed by atoms with Gasteiger partial charge in [0.05, 0.1) is 20.3 Å². The molecule has 0 atom stereocenters. The molecule has 2 N–H and O–H groups in total. The molecule has 1 aromatic carbocycles. The molecule has 1 fully saturated rings. The number of guanidine groups is 1. The predicted molar refractivity (Wildman–Crippen MR) is 133 cm³/mol. The summed E-state index contributed by atoms with van der Waals surface area (Å²) in [7, 11) is 3.40. The number of nitrogens with zero attached hydrogens (tertiary/aromatic N) is 3. The number of halogens is 2. The van der Waals surface area contributed by atoms with Crippen LogP contribution in [0.15, 0.2) is 41.5 Å². The van der Waals surface area contributed by atoms with Crippen LogP contribution in [-0.4, -0.2) is 57.9 Å². The molecule has 2 heterocycles. The Labute approximate surface area is 200 Å². The van der Waals surface area contributed by atoms with Crippen molar-refractivity contribution in [2.24, 2.45) is 4.99 Å². The highest BCUT2D eigenvalue weighted by Gasteiger charge is 2.15. The Balaban J connectivity index is 0.00000320. The molecule has 9 heteroatoms. The van der Waals surface area contributed by atoms with E-state index < -0.39 is 0 Å². The lowest BCUT2D eigenvalue weighted by Crippen LogP contribution is -2.40. The summed E-state index contributed by atoms with van der Waals surface area (Å²) in [6, 6.07) is 9.80. The van der Waals surface area contributed by atoms with E-state index in [1.54, 1.807) is 14.2 Å². The van der Waals surface area contributed by atoms with Crippen LogP contribution < -0.4 is 20.3 Å². The van der Waals surface area contributed by atoms with E-state index in [2.05, 4.69) is 31.6 Å². The van der Waals surface area contributed by atoms with E-state index in [0.717, 1.165) is 67.9 Å². The predicted octanol–water partition coefficient (Wildman–Crippen LogP) is 3.11. The number of aromatic nitrogens is 1. The van der Waals surface area contributed by atoms with Gasteiger partial charge >= 0.3 is 0 Å². The Morgan fingerprint density at radius 3 is 2.73 bits per heavy atom. The number of hydrogen-bond donors (Lipinski definition) is 2. The first-order chi connectivity index (χ1) is 14.2. The first kappa shape index (κ1) is 24.5. The minimum atomic E-state index is 0. The number of ether oxygens (including phenoxy) is 2. The van der Waals surface area contributed by atoms with E-state index in [-0.39, 0.29) is 24.0 Å². The summed E-state index contributed by atoms with van der Waals surface area (Å²) in [6.45, 7) is 4.55. The maximum Gasteiger partial charge on any atom is 0.191 e. The first-order valence-electron chi connectivity index (χ1n) is 9.74. The molecule has 0 radical (unpaired) electrons. The zero-order valence-electron chi connectivity index (χ0n) is 17.4. The van der Waals surface area contributed by atoms with Crippen LogP contribution >= 0.6 is 35.6 Å². The van der Waals surface area contributed by atoms with Gasteiger partial charge in [-0.2, -0.15) is 0 Å². The fourth-order valence-electron chi connectivity index (χ4n) is 3.20. The number of pyridine rings is 1. The molecule has 7 nitrogen and oxygen atoms in total. The highest BCUT2D eigenvalue weighted by atomic mass is 127. The summed E-state index contributed by atoms with van der Waals surface area (Å²) < 4.78 is 10.6. The second-order valence-electron chi connectivity index (χ2n) is 6.65. The highest BCUT2D eigenvalue weighted by molar-refractivity contribution is 14.0. The number of rotatable bonds is 7. The number of morpholine rings is 1. The molecular formula is C21H29ClIN5O2. The largest absolute Gasteiger partial charge is 0.497 e. The number of methoxy groups -OCH3 is 1. The second-order valence-corrected chi connectivity index (χ2v) is 7.05. The Hall–Kier alpha value is -1.78. The van der Waals surface area contributed by atoms with Crippen molar-refractivity contribution in [1.82, 2.24) is 15.6 Å². The quantitative estimate of drug-likeness (QED) is 0.317. The van der Waals surface area contributed by atoms with E-state index >= 15 is 0 Å². The SMILES string of the molecule is CN=C(NCCc1ccc(OC)cc1Cl)NCc1cccnc1N1CCOCC1.I. The zero-order chi connectivity index (χ0) is 20.5. The van der Waals surface area contributed by atoms with Crippen molar-refractivity contribution in [3.63, 3.8) is 0 Å². The molecule has 1 saturated heterocycles. The molecule has 0 bridgehead atoms. The van der Waals surface area contributed by atoms with E-state index in [4.69, 9.17) is 21.1 Å². The van der Waals surface area contributed by atoms with Gasteiger partial charge in [0.25, 0.3) is 0 Å². The van der Waals surface area contributed by atoms with Crippen molar-refractivity contribution in [3.05, 3.63) is 52.7 Å². The number of nitrogens with one attached hydrogen (secondary N) is 2. The van der Waals surface area contributed by atoms with Crippen molar-refractivity contribution >= 4 is 47.4 Å². The van der Waals surface area contributed by atoms with Crippen LogP contribution in [0.4, 0.5) is 5.82 Å².